The summed E-state index contributed by atoms with van der Waals surface area (Å²) in [4.78, 5) is 13.0. The Hall–Kier alpha value is -2.18. The molecule has 0 aliphatic carbocycles. The number of carbonyl (C=O) groups excluding carboxylic acids is 1. The van der Waals surface area contributed by atoms with Crippen LogP contribution in [0.3, 0.4) is 0 Å². The molecule has 27 heavy (non-hydrogen) atoms. The number of nitrogens with one attached hydrogen (secondary N) is 1. The van der Waals surface area contributed by atoms with Crippen molar-refractivity contribution in [2.45, 2.75) is 38.5 Å². The van der Waals surface area contributed by atoms with Crippen molar-refractivity contribution < 1.29 is 13.2 Å². The molecule has 1 fully saturated rings. The van der Waals surface area contributed by atoms with Crippen LogP contribution in [-0.4, -0.2) is 31.7 Å². The zero-order chi connectivity index (χ0) is 19.6. The van der Waals surface area contributed by atoms with E-state index in [1.807, 2.05) is 39.0 Å². The summed E-state index contributed by atoms with van der Waals surface area (Å²) in [6.07, 6.45) is 1.37. The Morgan fingerprint density at radius 3 is 2.48 bits per heavy atom. The molecule has 2 aromatic carbocycles. The lowest BCUT2D eigenvalue weighted by atomic mass is 9.98. The molecular weight excluding hydrogens is 360 g/mol. The van der Waals surface area contributed by atoms with Crippen molar-refractivity contribution in [3.8, 4) is 0 Å². The first-order valence-corrected chi connectivity index (χ1v) is 10.7. The van der Waals surface area contributed by atoms with Gasteiger partial charge < -0.3 is 5.32 Å². The molecule has 0 radical (unpaired) electrons. The van der Waals surface area contributed by atoms with Crippen LogP contribution in [0.15, 0.2) is 47.4 Å². The number of hydrogen-bond donors (Lipinski definition) is 1. The topological polar surface area (TPSA) is 66.5 Å². The first-order valence-electron chi connectivity index (χ1n) is 9.23. The lowest BCUT2D eigenvalue weighted by molar-refractivity contribution is -0.120. The van der Waals surface area contributed by atoms with E-state index >= 15 is 0 Å². The van der Waals surface area contributed by atoms with Gasteiger partial charge in [0.05, 0.1) is 10.8 Å². The fraction of sp³-hybridized carbons (Fsp3) is 0.381. The second kappa shape index (κ2) is 7.82. The lowest BCUT2D eigenvalue weighted by Gasteiger charge is -2.31. The van der Waals surface area contributed by atoms with Gasteiger partial charge in [-0.25, -0.2) is 8.42 Å². The molecule has 144 valence electrons. The zero-order valence-electron chi connectivity index (χ0n) is 16.0. The predicted octanol–water partition coefficient (Wildman–Crippen LogP) is 3.65. The van der Waals surface area contributed by atoms with E-state index < -0.39 is 10.0 Å². The average molecular weight is 387 g/mol. The second-order valence-corrected chi connectivity index (χ2v) is 9.19. The minimum absolute atomic E-state index is 0.118. The Morgan fingerprint density at radius 1 is 1.07 bits per heavy atom. The molecule has 1 heterocycles. The van der Waals surface area contributed by atoms with Crippen LogP contribution in [0.25, 0.3) is 0 Å². The number of amides is 1. The SMILES string of the molecule is Cc1ccc(S(=O)(=O)N2CCC[C@H](C(=O)Nc3cccc(C)c3C)C2)cc1. The molecule has 1 N–H and O–H groups in total. The average Bonchev–Trinajstić information content (AvgIpc) is 2.66. The maximum atomic E-state index is 12.9. The summed E-state index contributed by atoms with van der Waals surface area (Å²) in [5.74, 6) is -0.466. The summed E-state index contributed by atoms with van der Waals surface area (Å²) >= 11 is 0. The molecule has 1 aliphatic rings. The Balaban J connectivity index is 1.74. The van der Waals surface area contributed by atoms with Crippen molar-refractivity contribution in [3.05, 3.63) is 59.2 Å². The molecule has 1 aliphatic heterocycles. The number of sulfonamides is 1. The summed E-state index contributed by atoms with van der Waals surface area (Å²) in [6, 6.07) is 12.6. The second-order valence-electron chi connectivity index (χ2n) is 7.25. The smallest absolute Gasteiger partial charge is 0.243 e. The zero-order valence-corrected chi connectivity index (χ0v) is 16.8. The highest BCUT2D eigenvalue weighted by molar-refractivity contribution is 7.89. The van der Waals surface area contributed by atoms with Gasteiger partial charge in [-0.1, -0.05) is 29.8 Å². The van der Waals surface area contributed by atoms with E-state index in [0.29, 0.717) is 19.4 Å². The van der Waals surface area contributed by atoms with Crippen LogP contribution in [0.5, 0.6) is 0 Å². The third kappa shape index (κ3) is 4.22. The Bertz CT molecular complexity index is 936. The Kier molecular flexibility index (Phi) is 5.67. The summed E-state index contributed by atoms with van der Waals surface area (Å²) in [5.41, 5.74) is 3.95. The highest BCUT2D eigenvalue weighted by Crippen LogP contribution is 2.26. The van der Waals surface area contributed by atoms with Crippen LogP contribution in [0.1, 0.15) is 29.5 Å². The van der Waals surface area contributed by atoms with Crippen LogP contribution in [0, 0.1) is 26.7 Å². The van der Waals surface area contributed by atoms with Gasteiger partial charge in [0.1, 0.15) is 0 Å². The number of anilines is 1. The van der Waals surface area contributed by atoms with Gasteiger partial charge in [-0.3, -0.25) is 4.79 Å². The van der Waals surface area contributed by atoms with Gasteiger partial charge in [0, 0.05) is 18.8 Å². The van der Waals surface area contributed by atoms with E-state index in [4.69, 9.17) is 0 Å². The van der Waals surface area contributed by atoms with Crippen LogP contribution >= 0.6 is 0 Å². The Morgan fingerprint density at radius 2 is 1.78 bits per heavy atom. The first kappa shape index (κ1) is 19.6. The molecule has 0 spiro atoms. The molecule has 2 aromatic rings. The fourth-order valence-corrected chi connectivity index (χ4v) is 4.88. The summed E-state index contributed by atoms with van der Waals surface area (Å²) in [6.45, 7) is 6.56. The minimum atomic E-state index is -3.58. The maximum Gasteiger partial charge on any atom is 0.243 e. The number of piperidine rings is 1. The van der Waals surface area contributed by atoms with Crippen LogP contribution < -0.4 is 5.32 Å². The highest BCUT2D eigenvalue weighted by Gasteiger charge is 2.33. The van der Waals surface area contributed by atoms with E-state index in [1.165, 1.54) is 4.31 Å². The molecule has 1 amide bonds. The first-order chi connectivity index (χ1) is 12.8. The Labute approximate surface area is 161 Å². The lowest BCUT2D eigenvalue weighted by Crippen LogP contribution is -2.43. The summed E-state index contributed by atoms with van der Waals surface area (Å²) < 4.78 is 27.3. The molecule has 5 nitrogen and oxygen atoms in total. The van der Waals surface area contributed by atoms with Crippen molar-refractivity contribution in [2.24, 2.45) is 5.92 Å². The van der Waals surface area contributed by atoms with Crippen LogP contribution in [-0.2, 0) is 14.8 Å². The standard InChI is InChI=1S/C21H26N2O3S/c1-15-9-11-19(12-10-15)27(25,26)23-13-5-7-18(14-23)21(24)22-20-8-4-6-16(2)17(20)3/h4,6,8-12,18H,5,7,13-14H2,1-3H3,(H,22,24)/t18-/m0/s1. The van der Waals surface area contributed by atoms with E-state index in [0.717, 1.165) is 22.4 Å². The molecule has 3 rings (SSSR count). The van der Waals surface area contributed by atoms with Crippen molar-refractivity contribution >= 4 is 21.6 Å². The molecule has 1 atom stereocenters. The molecule has 0 unspecified atom stereocenters. The van der Waals surface area contributed by atoms with Gasteiger partial charge in [0.2, 0.25) is 15.9 Å². The quantitative estimate of drug-likeness (QED) is 0.872. The van der Waals surface area contributed by atoms with E-state index in [1.54, 1.807) is 24.3 Å². The monoisotopic (exact) mass is 386 g/mol. The molecular formula is C21H26N2O3S. The number of aryl methyl sites for hydroxylation is 2. The molecule has 0 saturated carbocycles. The van der Waals surface area contributed by atoms with Gasteiger partial charge in [0.15, 0.2) is 0 Å². The highest BCUT2D eigenvalue weighted by atomic mass is 32.2. The van der Waals surface area contributed by atoms with E-state index in [-0.39, 0.29) is 23.3 Å². The van der Waals surface area contributed by atoms with Crippen molar-refractivity contribution in [2.75, 3.05) is 18.4 Å². The largest absolute Gasteiger partial charge is 0.326 e. The van der Waals surface area contributed by atoms with Crippen molar-refractivity contribution in [1.82, 2.24) is 4.31 Å². The number of carbonyl (C=O) groups is 1. The van der Waals surface area contributed by atoms with E-state index in [9.17, 15) is 13.2 Å². The third-order valence-electron chi connectivity index (χ3n) is 5.28. The molecule has 1 saturated heterocycles. The summed E-state index contributed by atoms with van der Waals surface area (Å²) in [7, 11) is -3.58. The van der Waals surface area contributed by atoms with Gasteiger partial charge in [-0.15, -0.1) is 0 Å². The fourth-order valence-electron chi connectivity index (χ4n) is 3.36. The van der Waals surface area contributed by atoms with Gasteiger partial charge >= 0.3 is 0 Å². The molecule has 0 bridgehead atoms. The van der Waals surface area contributed by atoms with Gasteiger partial charge in [-0.2, -0.15) is 4.31 Å². The molecule has 0 aromatic heterocycles. The summed E-state index contributed by atoms with van der Waals surface area (Å²) in [5, 5.41) is 2.98. The molecule has 6 heteroatoms. The predicted molar refractivity (Wildman–Crippen MR) is 107 cm³/mol. The van der Waals surface area contributed by atoms with Crippen molar-refractivity contribution in [1.29, 1.82) is 0 Å². The van der Waals surface area contributed by atoms with Gasteiger partial charge in [-0.05, 0) is 62.9 Å². The minimum Gasteiger partial charge on any atom is -0.326 e. The number of nitrogens with zero attached hydrogens (tertiary/aromatic N) is 1. The van der Waals surface area contributed by atoms with Crippen LogP contribution in [0.4, 0.5) is 5.69 Å². The normalized spacial score (nSPS) is 18.3. The van der Waals surface area contributed by atoms with E-state index in [2.05, 4.69) is 5.32 Å². The number of benzene rings is 2. The number of hydrogen-bond acceptors (Lipinski definition) is 3. The third-order valence-corrected chi connectivity index (χ3v) is 7.16. The number of rotatable bonds is 4. The maximum absolute atomic E-state index is 12.9. The van der Waals surface area contributed by atoms with Crippen molar-refractivity contribution in [3.63, 3.8) is 0 Å². The van der Waals surface area contributed by atoms with Gasteiger partial charge in [0.25, 0.3) is 0 Å². The van der Waals surface area contributed by atoms with Crippen LogP contribution in [0.2, 0.25) is 0 Å².